The highest BCUT2D eigenvalue weighted by molar-refractivity contribution is 6.08. The van der Waals surface area contributed by atoms with Crippen LogP contribution >= 0.6 is 0 Å². The second-order valence-electron chi connectivity index (χ2n) is 27.0. The average Bonchev–Trinajstić information content (AvgIpc) is 1.54. The summed E-state index contributed by atoms with van der Waals surface area (Å²) >= 11 is 0. The van der Waals surface area contributed by atoms with Crippen molar-refractivity contribution in [3.8, 4) is 77.9 Å². The van der Waals surface area contributed by atoms with Crippen molar-refractivity contribution >= 4 is 77.2 Å². The topological polar surface area (TPSA) is 6.48 Å². The van der Waals surface area contributed by atoms with Gasteiger partial charge in [0.1, 0.15) is 0 Å². The Bertz CT molecular complexity index is 6200. The molecule has 0 bridgehead atoms. The van der Waals surface area contributed by atoms with Crippen LogP contribution in [0.1, 0.15) is 22.3 Å². The van der Waals surface area contributed by atoms with E-state index in [1.807, 2.05) is 0 Å². The van der Waals surface area contributed by atoms with Crippen LogP contribution in [0.3, 0.4) is 0 Å². The van der Waals surface area contributed by atoms with Crippen molar-refractivity contribution in [3.63, 3.8) is 0 Å². The van der Waals surface area contributed by atoms with Gasteiger partial charge in [0.05, 0.1) is 16.8 Å². The Morgan fingerprint density at radius 3 is 1.17 bits per heavy atom. The lowest BCUT2D eigenvalue weighted by atomic mass is 9.67. The van der Waals surface area contributed by atoms with Crippen LogP contribution in [-0.4, -0.2) is 0 Å². The smallest absolute Gasteiger partial charge is 0.0713 e. The number of para-hydroxylation sites is 1. The number of hydrogen-bond donors (Lipinski definition) is 0. The van der Waals surface area contributed by atoms with E-state index in [1.165, 1.54) is 115 Å². The predicted molar refractivity (Wildman–Crippen MR) is 436 cm³/mol. The SMILES string of the molecule is c1ccc(-c2ccccc2N(c2cccc(-c3cccc4ccccc34)c2)c2cccc(-c3cccc4cc(-c5cccc6c(-c7cccc(N(c8ccc(-c9ccc%10c(c9)C(c9ccccc9)(c9ccccc9)c9ccccc9-%10)cc8)c8cccc9ccccc89)c7)cccc56)ccc34)c2)cc1. The molecular weight excluding hydrogens is 1240 g/mol. The zero-order valence-electron chi connectivity index (χ0n) is 56.7. The number of benzene rings is 18. The molecule has 2 nitrogen and oxygen atoms in total. The number of fused-ring (bicyclic) bond motifs is 7. The molecule has 0 radical (unpaired) electrons. The first kappa shape index (κ1) is 60.8. The Hall–Kier alpha value is -13.4. The molecule has 1 aliphatic rings. The van der Waals surface area contributed by atoms with E-state index in [4.69, 9.17) is 0 Å². The van der Waals surface area contributed by atoms with Crippen molar-refractivity contribution in [2.75, 3.05) is 9.80 Å². The van der Waals surface area contributed by atoms with Crippen LogP contribution < -0.4 is 9.80 Å². The summed E-state index contributed by atoms with van der Waals surface area (Å²) < 4.78 is 0. The number of rotatable bonds is 14. The van der Waals surface area contributed by atoms with Crippen LogP contribution in [-0.2, 0) is 5.41 Å². The Balaban J connectivity index is 0.671. The third kappa shape index (κ3) is 10.6. The van der Waals surface area contributed by atoms with Crippen molar-refractivity contribution in [3.05, 3.63) is 435 Å². The quantitative estimate of drug-likeness (QED) is 0.107. The van der Waals surface area contributed by atoms with Crippen LogP contribution in [0.15, 0.2) is 413 Å². The first-order chi connectivity index (χ1) is 51.1. The molecule has 1 aliphatic carbocycles. The highest BCUT2D eigenvalue weighted by atomic mass is 15.1. The molecule has 0 unspecified atom stereocenters. The Labute approximate surface area is 601 Å². The molecule has 0 saturated carbocycles. The molecule has 103 heavy (non-hydrogen) atoms. The van der Waals surface area contributed by atoms with Gasteiger partial charge in [-0.3, -0.25) is 0 Å². The molecule has 0 aromatic heterocycles. The van der Waals surface area contributed by atoms with Crippen molar-refractivity contribution in [1.82, 2.24) is 0 Å². The summed E-state index contributed by atoms with van der Waals surface area (Å²) in [6.07, 6.45) is 0. The van der Waals surface area contributed by atoms with Crippen LogP contribution in [0.25, 0.3) is 121 Å². The molecule has 18 aromatic rings. The fraction of sp³-hybridized carbons (Fsp3) is 0.00990. The summed E-state index contributed by atoms with van der Waals surface area (Å²) in [6.45, 7) is 0. The monoisotopic (exact) mass is 1310 g/mol. The van der Waals surface area contributed by atoms with Gasteiger partial charge < -0.3 is 9.80 Å². The third-order valence-corrected chi connectivity index (χ3v) is 21.3. The minimum Gasteiger partial charge on any atom is -0.310 e. The molecular formula is C101H68N2. The lowest BCUT2D eigenvalue weighted by Gasteiger charge is -2.34. The van der Waals surface area contributed by atoms with Crippen LogP contribution in [0.4, 0.5) is 34.1 Å². The van der Waals surface area contributed by atoms with Crippen molar-refractivity contribution in [1.29, 1.82) is 0 Å². The van der Waals surface area contributed by atoms with Crippen LogP contribution in [0.5, 0.6) is 0 Å². The van der Waals surface area contributed by atoms with E-state index in [0.29, 0.717) is 0 Å². The maximum Gasteiger partial charge on any atom is 0.0713 e. The molecule has 0 saturated heterocycles. The second kappa shape index (κ2) is 25.7. The van der Waals surface area contributed by atoms with Gasteiger partial charge in [0.2, 0.25) is 0 Å². The second-order valence-corrected chi connectivity index (χ2v) is 27.0. The molecule has 0 N–H and O–H groups in total. The normalized spacial score (nSPS) is 12.2. The molecule has 0 spiro atoms. The van der Waals surface area contributed by atoms with Gasteiger partial charge in [0.25, 0.3) is 0 Å². The van der Waals surface area contributed by atoms with E-state index in [9.17, 15) is 0 Å². The van der Waals surface area contributed by atoms with Gasteiger partial charge in [-0.05, 0) is 205 Å². The van der Waals surface area contributed by atoms with E-state index in [-0.39, 0.29) is 0 Å². The Kier molecular flexibility index (Phi) is 15.2. The minimum atomic E-state index is -0.485. The first-order valence-corrected chi connectivity index (χ1v) is 35.6. The molecule has 0 atom stereocenters. The predicted octanol–water partition coefficient (Wildman–Crippen LogP) is 27.6. The fourth-order valence-corrected chi connectivity index (χ4v) is 16.6. The summed E-state index contributed by atoms with van der Waals surface area (Å²) in [7, 11) is 0. The van der Waals surface area contributed by atoms with Crippen LogP contribution in [0, 0.1) is 0 Å². The molecule has 19 rings (SSSR count). The Morgan fingerprint density at radius 2 is 0.544 bits per heavy atom. The van der Waals surface area contributed by atoms with E-state index >= 15 is 0 Å². The summed E-state index contributed by atoms with van der Waals surface area (Å²) in [4.78, 5) is 4.87. The third-order valence-electron chi connectivity index (χ3n) is 21.3. The fourth-order valence-electron chi connectivity index (χ4n) is 16.6. The lowest BCUT2D eigenvalue weighted by Crippen LogP contribution is -2.28. The zero-order chi connectivity index (χ0) is 68.2. The largest absolute Gasteiger partial charge is 0.310 e. The van der Waals surface area contributed by atoms with E-state index in [1.54, 1.807) is 0 Å². The number of anilines is 6. The zero-order valence-corrected chi connectivity index (χ0v) is 56.7. The molecule has 0 amide bonds. The van der Waals surface area contributed by atoms with Crippen molar-refractivity contribution in [2.45, 2.75) is 5.41 Å². The van der Waals surface area contributed by atoms with Crippen molar-refractivity contribution in [2.24, 2.45) is 0 Å². The highest BCUT2D eigenvalue weighted by Gasteiger charge is 2.46. The minimum absolute atomic E-state index is 0.485. The van der Waals surface area contributed by atoms with Gasteiger partial charge in [0, 0.05) is 33.7 Å². The molecule has 18 aromatic carbocycles. The summed E-state index contributed by atoms with van der Waals surface area (Å²) in [6, 6.07) is 152. The average molecular weight is 1310 g/mol. The van der Waals surface area contributed by atoms with Gasteiger partial charge in [-0.25, -0.2) is 0 Å². The number of hydrogen-bond acceptors (Lipinski definition) is 2. The Morgan fingerprint density at radius 1 is 0.165 bits per heavy atom. The van der Waals surface area contributed by atoms with Crippen molar-refractivity contribution < 1.29 is 0 Å². The van der Waals surface area contributed by atoms with Gasteiger partial charge >= 0.3 is 0 Å². The first-order valence-electron chi connectivity index (χ1n) is 35.6. The van der Waals surface area contributed by atoms with Crippen LogP contribution in [0.2, 0.25) is 0 Å². The summed E-state index contributed by atoms with van der Waals surface area (Å²) in [5, 5.41) is 9.62. The van der Waals surface area contributed by atoms with Gasteiger partial charge in [0.15, 0.2) is 0 Å². The number of nitrogens with zero attached hydrogens (tertiary/aromatic N) is 2. The highest BCUT2D eigenvalue weighted by Crippen LogP contribution is 2.57. The standard InChI is InChI=1S/C101H68N2/c1-4-26-71(27-5-1)91-45-15-17-54-99(91)103(83-41-18-32-75(65-83)86-47-21-30-70-28-10-12-43-85(70)86)84-42-19-33-76(66-84)87-48-22-35-74-64-78(59-62-90(74)87)89-50-25-51-93-88(49-24-52-94(89)93)77-34-20-40-82(67-77)102(100-55-23-31-72-29-11-13-44-92(72)100)81-60-56-69(57-61-81)73-58-63-96-95-46-14-16-53-97(95)101(98(96)68-73,79-36-6-2-7-37-79)80-38-8-3-9-39-80/h1-68H. The van der Waals surface area contributed by atoms with Gasteiger partial charge in [-0.2, -0.15) is 0 Å². The molecule has 482 valence electrons. The van der Waals surface area contributed by atoms with Gasteiger partial charge in [-0.1, -0.05) is 340 Å². The molecule has 0 fully saturated rings. The van der Waals surface area contributed by atoms with E-state index in [2.05, 4.69) is 422 Å². The maximum atomic E-state index is 2.46. The maximum absolute atomic E-state index is 2.46. The molecule has 2 heteroatoms. The van der Waals surface area contributed by atoms with E-state index in [0.717, 1.165) is 61.9 Å². The molecule has 0 aliphatic heterocycles. The summed E-state index contributed by atoms with van der Waals surface area (Å²) in [5.74, 6) is 0. The summed E-state index contributed by atoms with van der Waals surface area (Å²) in [5.41, 5.74) is 27.8. The van der Waals surface area contributed by atoms with Gasteiger partial charge in [-0.15, -0.1) is 0 Å². The molecule has 0 heterocycles. The van der Waals surface area contributed by atoms with E-state index < -0.39 is 5.41 Å². The lowest BCUT2D eigenvalue weighted by molar-refractivity contribution is 0.769.